The van der Waals surface area contributed by atoms with Gasteiger partial charge in [0.15, 0.2) is 5.82 Å². The van der Waals surface area contributed by atoms with Crippen LogP contribution in [0.15, 0.2) is 54.6 Å². The highest BCUT2D eigenvalue weighted by Crippen LogP contribution is 2.26. The van der Waals surface area contributed by atoms with Crippen LogP contribution in [-0.4, -0.2) is 48.3 Å². The molecular formula is C24H27N5O3. The highest BCUT2D eigenvalue weighted by atomic mass is 16.5. The molecule has 1 aliphatic heterocycles. The fourth-order valence-corrected chi connectivity index (χ4v) is 3.90. The van der Waals surface area contributed by atoms with Crippen molar-refractivity contribution in [2.45, 2.75) is 25.8 Å². The van der Waals surface area contributed by atoms with Gasteiger partial charge in [-0.1, -0.05) is 6.07 Å². The maximum atomic E-state index is 12.8. The summed E-state index contributed by atoms with van der Waals surface area (Å²) in [6.45, 7) is 3.01. The van der Waals surface area contributed by atoms with E-state index in [4.69, 9.17) is 4.74 Å². The molecule has 2 heterocycles. The Morgan fingerprint density at radius 3 is 2.72 bits per heavy atom. The third-order valence-corrected chi connectivity index (χ3v) is 5.49. The predicted octanol–water partition coefficient (Wildman–Crippen LogP) is 3.44. The van der Waals surface area contributed by atoms with Gasteiger partial charge in [-0.2, -0.15) is 5.10 Å². The van der Waals surface area contributed by atoms with Crippen LogP contribution in [0.4, 0.5) is 11.5 Å². The molecular weight excluding hydrogens is 406 g/mol. The summed E-state index contributed by atoms with van der Waals surface area (Å²) in [5.41, 5.74) is 3.10. The Balaban J connectivity index is 1.40. The Bertz CT molecular complexity index is 1090. The van der Waals surface area contributed by atoms with Gasteiger partial charge in [0.25, 0.3) is 5.91 Å². The average molecular weight is 434 g/mol. The van der Waals surface area contributed by atoms with Crippen LogP contribution in [0.2, 0.25) is 0 Å². The first kappa shape index (κ1) is 21.4. The predicted molar refractivity (Wildman–Crippen MR) is 124 cm³/mol. The standard InChI is InChI=1S/C24H27N5O3/c1-16(30)25-19-6-3-5-18(13-19)24(31)26-20-7-4-12-29(15-20)23-14-22(27-28-23)17-8-10-21(32-2)11-9-17/h3,5-6,8-11,13-14,20H,4,7,12,15H2,1-2H3,(H,25,30)(H,26,31)(H,27,28). The Labute approximate surface area is 187 Å². The maximum Gasteiger partial charge on any atom is 0.251 e. The highest BCUT2D eigenvalue weighted by molar-refractivity contribution is 5.97. The molecule has 1 unspecified atom stereocenters. The van der Waals surface area contributed by atoms with Crippen LogP contribution in [0.3, 0.4) is 0 Å². The number of hydrogen-bond acceptors (Lipinski definition) is 5. The Morgan fingerprint density at radius 2 is 1.97 bits per heavy atom. The fourth-order valence-electron chi connectivity index (χ4n) is 3.90. The van der Waals surface area contributed by atoms with E-state index < -0.39 is 0 Å². The molecule has 1 aromatic heterocycles. The number of carbonyl (C=O) groups excluding carboxylic acids is 2. The Hall–Kier alpha value is -3.81. The third kappa shape index (κ3) is 5.08. The molecule has 0 saturated carbocycles. The molecule has 2 aromatic carbocycles. The zero-order valence-electron chi connectivity index (χ0n) is 18.2. The van der Waals surface area contributed by atoms with E-state index in [1.165, 1.54) is 6.92 Å². The van der Waals surface area contributed by atoms with E-state index in [0.717, 1.165) is 42.2 Å². The third-order valence-electron chi connectivity index (χ3n) is 5.49. The second-order valence-electron chi connectivity index (χ2n) is 7.89. The number of carbonyl (C=O) groups is 2. The van der Waals surface area contributed by atoms with Crippen molar-refractivity contribution in [3.05, 3.63) is 60.2 Å². The first-order chi connectivity index (χ1) is 15.5. The molecule has 0 bridgehead atoms. The number of benzene rings is 2. The molecule has 0 spiro atoms. The summed E-state index contributed by atoms with van der Waals surface area (Å²) in [6, 6.07) is 16.8. The van der Waals surface area contributed by atoms with Gasteiger partial charge in [0, 0.05) is 43.4 Å². The van der Waals surface area contributed by atoms with Gasteiger partial charge in [-0.25, -0.2) is 0 Å². The number of rotatable bonds is 6. The zero-order valence-corrected chi connectivity index (χ0v) is 18.2. The first-order valence-corrected chi connectivity index (χ1v) is 10.6. The van der Waals surface area contributed by atoms with Gasteiger partial charge in [-0.05, 0) is 60.9 Å². The number of nitrogens with one attached hydrogen (secondary N) is 3. The van der Waals surface area contributed by atoms with Gasteiger partial charge in [0.2, 0.25) is 5.91 Å². The molecule has 1 fully saturated rings. The number of anilines is 2. The minimum atomic E-state index is -0.168. The molecule has 1 aliphatic rings. The van der Waals surface area contributed by atoms with Gasteiger partial charge < -0.3 is 20.3 Å². The molecule has 1 saturated heterocycles. The summed E-state index contributed by atoms with van der Waals surface area (Å²) in [5, 5.41) is 13.4. The number of hydrogen-bond donors (Lipinski definition) is 3. The van der Waals surface area contributed by atoms with Crippen molar-refractivity contribution in [3.8, 4) is 17.0 Å². The molecule has 0 aliphatic carbocycles. The number of amides is 2. The van der Waals surface area contributed by atoms with E-state index in [-0.39, 0.29) is 17.9 Å². The van der Waals surface area contributed by atoms with E-state index in [1.54, 1.807) is 31.4 Å². The molecule has 4 rings (SSSR count). The molecule has 0 radical (unpaired) electrons. The van der Waals surface area contributed by atoms with Crippen LogP contribution >= 0.6 is 0 Å². The van der Waals surface area contributed by atoms with Gasteiger partial charge in [-0.3, -0.25) is 14.7 Å². The summed E-state index contributed by atoms with van der Waals surface area (Å²) < 4.78 is 5.22. The second kappa shape index (κ2) is 9.55. The normalized spacial score (nSPS) is 15.8. The van der Waals surface area contributed by atoms with E-state index in [9.17, 15) is 9.59 Å². The summed E-state index contributed by atoms with van der Waals surface area (Å²) >= 11 is 0. The minimum absolute atomic E-state index is 0.0156. The monoisotopic (exact) mass is 433 g/mol. The Kier molecular flexibility index (Phi) is 6.39. The summed E-state index contributed by atoms with van der Waals surface area (Å²) in [5.74, 6) is 1.36. The topological polar surface area (TPSA) is 99.3 Å². The number of aromatic nitrogens is 2. The molecule has 8 nitrogen and oxygen atoms in total. The molecule has 3 N–H and O–H groups in total. The lowest BCUT2D eigenvalue weighted by Crippen LogP contribution is -2.48. The largest absolute Gasteiger partial charge is 0.497 e. The number of H-pyrrole nitrogens is 1. The van der Waals surface area contributed by atoms with Crippen LogP contribution in [0.1, 0.15) is 30.1 Å². The second-order valence-corrected chi connectivity index (χ2v) is 7.89. The van der Waals surface area contributed by atoms with Crippen LogP contribution in [-0.2, 0) is 4.79 Å². The van der Waals surface area contributed by atoms with Crippen molar-refractivity contribution in [1.82, 2.24) is 15.5 Å². The number of ether oxygens (including phenoxy) is 1. The van der Waals surface area contributed by atoms with Crippen molar-refractivity contribution >= 4 is 23.3 Å². The minimum Gasteiger partial charge on any atom is -0.497 e. The molecule has 2 amide bonds. The van der Waals surface area contributed by atoms with Crippen LogP contribution in [0.25, 0.3) is 11.3 Å². The van der Waals surface area contributed by atoms with Crippen molar-refractivity contribution < 1.29 is 14.3 Å². The van der Waals surface area contributed by atoms with Gasteiger partial charge >= 0.3 is 0 Å². The SMILES string of the molecule is COc1ccc(-c2cc(N3CCCC(NC(=O)c4cccc(NC(C)=O)c4)C3)n[nH]2)cc1. The molecule has 1 atom stereocenters. The Morgan fingerprint density at radius 1 is 1.16 bits per heavy atom. The summed E-state index contributed by atoms with van der Waals surface area (Å²) in [4.78, 5) is 26.2. The van der Waals surface area contributed by atoms with Crippen molar-refractivity contribution in [3.63, 3.8) is 0 Å². The molecule has 8 heteroatoms. The first-order valence-electron chi connectivity index (χ1n) is 10.6. The van der Waals surface area contributed by atoms with E-state index >= 15 is 0 Å². The number of piperidine rings is 1. The quantitative estimate of drug-likeness (QED) is 0.553. The van der Waals surface area contributed by atoms with E-state index in [2.05, 4.69) is 25.7 Å². The molecule has 3 aromatic rings. The lowest BCUT2D eigenvalue weighted by atomic mass is 10.0. The van der Waals surface area contributed by atoms with Crippen LogP contribution in [0.5, 0.6) is 5.75 Å². The highest BCUT2D eigenvalue weighted by Gasteiger charge is 2.24. The maximum absolute atomic E-state index is 12.8. The van der Waals surface area contributed by atoms with E-state index in [1.807, 2.05) is 30.3 Å². The molecule has 166 valence electrons. The lowest BCUT2D eigenvalue weighted by Gasteiger charge is -2.33. The van der Waals surface area contributed by atoms with Gasteiger partial charge in [-0.15, -0.1) is 0 Å². The van der Waals surface area contributed by atoms with E-state index in [0.29, 0.717) is 17.8 Å². The fraction of sp³-hybridized carbons (Fsp3) is 0.292. The van der Waals surface area contributed by atoms with Crippen LogP contribution in [0, 0.1) is 0 Å². The van der Waals surface area contributed by atoms with Gasteiger partial charge in [0.05, 0.1) is 12.8 Å². The average Bonchev–Trinajstić information content (AvgIpc) is 3.29. The van der Waals surface area contributed by atoms with Crippen molar-refractivity contribution in [2.24, 2.45) is 0 Å². The van der Waals surface area contributed by atoms with Crippen molar-refractivity contribution in [2.75, 3.05) is 30.4 Å². The summed E-state index contributed by atoms with van der Waals surface area (Å²) in [6.07, 6.45) is 1.87. The number of aromatic amines is 1. The summed E-state index contributed by atoms with van der Waals surface area (Å²) in [7, 11) is 1.65. The smallest absolute Gasteiger partial charge is 0.251 e. The zero-order chi connectivity index (χ0) is 22.5. The van der Waals surface area contributed by atoms with Crippen LogP contribution < -0.4 is 20.3 Å². The molecule has 32 heavy (non-hydrogen) atoms. The lowest BCUT2D eigenvalue weighted by molar-refractivity contribution is -0.114. The number of nitrogens with zero attached hydrogens (tertiary/aromatic N) is 2. The number of methoxy groups -OCH3 is 1. The van der Waals surface area contributed by atoms with Crippen molar-refractivity contribution in [1.29, 1.82) is 0 Å². The van der Waals surface area contributed by atoms with Gasteiger partial charge in [0.1, 0.15) is 5.75 Å².